The van der Waals surface area contributed by atoms with Crippen molar-refractivity contribution >= 4 is 11.9 Å². The number of rotatable bonds is 2. The lowest BCUT2D eigenvalue weighted by Gasteiger charge is -2.28. The van der Waals surface area contributed by atoms with E-state index < -0.39 is 0 Å². The number of carbonyl (C=O) groups is 1. The Kier molecular flexibility index (Phi) is 3.50. The maximum Gasteiger partial charge on any atom is 0.243 e. The highest BCUT2D eigenvalue weighted by Crippen LogP contribution is 2.22. The average molecular weight is 248 g/mol. The molecule has 0 saturated carbocycles. The predicted molar refractivity (Wildman–Crippen MR) is 70.3 cm³/mol. The second-order valence-electron chi connectivity index (χ2n) is 5.64. The number of carbonyl (C=O) groups excluding carboxylic acids is 1. The summed E-state index contributed by atoms with van der Waals surface area (Å²) in [5, 5.41) is 3.02. The molecule has 1 N–H and O–H groups in total. The van der Waals surface area contributed by atoms with E-state index in [1.807, 2.05) is 25.7 Å². The van der Waals surface area contributed by atoms with Crippen LogP contribution in [0.15, 0.2) is 18.5 Å². The third kappa shape index (κ3) is 2.97. The number of hydrogen-bond donors (Lipinski definition) is 1. The fourth-order valence-electron chi connectivity index (χ4n) is 2.17. The van der Waals surface area contributed by atoms with Crippen LogP contribution in [0.25, 0.3) is 0 Å². The molecule has 2 heterocycles. The quantitative estimate of drug-likeness (QED) is 0.858. The Labute approximate surface area is 108 Å². The molecule has 18 heavy (non-hydrogen) atoms. The average Bonchev–Trinajstić information content (AvgIpc) is 2.76. The van der Waals surface area contributed by atoms with Gasteiger partial charge in [0.15, 0.2) is 0 Å². The van der Waals surface area contributed by atoms with Crippen LogP contribution in [0.1, 0.15) is 33.6 Å². The molecular weight excluding hydrogens is 228 g/mol. The van der Waals surface area contributed by atoms with E-state index in [1.54, 1.807) is 18.5 Å². The highest BCUT2D eigenvalue weighted by atomic mass is 16.2. The van der Waals surface area contributed by atoms with E-state index in [2.05, 4.69) is 15.3 Å². The van der Waals surface area contributed by atoms with Crippen LogP contribution in [-0.2, 0) is 4.79 Å². The summed E-state index contributed by atoms with van der Waals surface area (Å²) in [5.74, 6) is 0.705. The molecule has 1 amide bonds. The Morgan fingerprint density at radius 1 is 1.39 bits per heavy atom. The standard InChI is InChI=1S/C13H20N4O/c1-13(2,3)16-11(18)10-6-4-9-17(10)12-14-7-5-8-15-12/h5,7-8,10H,4,6,9H2,1-3H3,(H,16,18). The third-order valence-corrected chi connectivity index (χ3v) is 2.86. The van der Waals surface area contributed by atoms with Crippen LogP contribution < -0.4 is 10.2 Å². The zero-order valence-corrected chi connectivity index (χ0v) is 11.2. The van der Waals surface area contributed by atoms with Crippen LogP contribution in [-0.4, -0.2) is 34.0 Å². The fourth-order valence-corrected chi connectivity index (χ4v) is 2.17. The van der Waals surface area contributed by atoms with E-state index >= 15 is 0 Å². The normalized spacial score (nSPS) is 19.9. The number of hydrogen-bond acceptors (Lipinski definition) is 4. The number of nitrogens with zero attached hydrogens (tertiary/aromatic N) is 3. The molecule has 1 aromatic heterocycles. The van der Waals surface area contributed by atoms with E-state index in [4.69, 9.17) is 0 Å². The van der Waals surface area contributed by atoms with Crippen molar-refractivity contribution in [1.29, 1.82) is 0 Å². The fraction of sp³-hybridized carbons (Fsp3) is 0.615. The minimum Gasteiger partial charge on any atom is -0.350 e. The van der Waals surface area contributed by atoms with Crippen LogP contribution in [0.3, 0.4) is 0 Å². The first kappa shape index (κ1) is 12.8. The van der Waals surface area contributed by atoms with Gasteiger partial charge in [0.25, 0.3) is 0 Å². The van der Waals surface area contributed by atoms with Gasteiger partial charge in [-0.05, 0) is 39.7 Å². The summed E-state index contributed by atoms with van der Waals surface area (Å²) in [5.41, 5.74) is -0.205. The highest BCUT2D eigenvalue weighted by Gasteiger charge is 2.33. The van der Waals surface area contributed by atoms with Gasteiger partial charge in [-0.2, -0.15) is 0 Å². The zero-order chi connectivity index (χ0) is 13.2. The van der Waals surface area contributed by atoms with Crippen LogP contribution in [0.5, 0.6) is 0 Å². The van der Waals surface area contributed by atoms with Gasteiger partial charge >= 0.3 is 0 Å². The number of amides is 1. The third-order valence-electron chi connectivity index (χ3n) is 2.86. The second-order valence-corrected chi connectivity index (χ2v) is 5.64. The molecule has 2 rings (SSSR count). The van der Waals surface area contributed by atoms with E-state index in [1.165, 1.54) is 0 Å². The molecule has 1 fully saturated rings. The summed E-state index contributed by atoms with van der Waals surface area (Å²) < 4.78 is 0. The van der Waals surface area contributed by atoms with Crippen molar-refractivity contribution in [3.63, 3.8) is 0 Å². The van der Waals surface area contributed by atoms with Crippen molar-refractivity contribution in [2.75, 3.05) is 11.4 Å². The molecule has 5 heteroatoms. The van der Waals surface area contributed by atoms with Gasteiger partial charge < -0.3 is 10.2 Å². The highest BCUT2D eigenvalue weighted by molar-refractivity contribution is 5.85. The molecule has 0 spiro atoms. The van der Waals surface area contributed by atoms with Crippen LogP contribution in [0.2, 0.25) is 0 Å². The molecule has 1 atom stereocenters. The summed E-state index contributed by atoms with van der Waals surface area (Å²) >= 11 is 0. The lowest BCUT2D eigenvalue weighted by atomic mass is 10.1. The van der Waals surface area contributed by atoms with Crippen molar-refractivity contribution < 1.29 is 4.79 Å². The van der Waals surface area contributed by atoms with Crippen molar-refractivity contribution in [1.82, 2.24) is 15.3 Å². The van der Waals surface area contributed by atoms with E-state index in [0.717, 1.165) is 19.4 Å². The Hall–Kier alpha value is -1.65. The van der Waals surface area contributed by atoms with Gasteiger partial charge in [0.1, 0.15) is 6.04 Å². The smallest absolute Gasteiger partial charge is 0.243 e. The van der Waals surface area contributed by atoms with Gasteiger partial charge in [-0.1, -0.05) is 0 Å². The molecule has 1 unspecified atom stereocenters. The Morgan fingerprint density at radius 3 is 2.67 bits per heavy atom. The summed E-state index contributed by atoms with van der Waals surface area (Å²) in [7, 11) is 0. The monoisotopic (exact) mass is 248 g/mol. The first-order valence-corrected chi connectivity index (χ1v) is 6.33. The summed E-state index contributed by atoms with van der Waals surface area (Å²) in [6.45, 7) is 6.81. The molecule has 5 nitrogen and oxygen atoms in total. The topological polar surface area (TPSA) is 58.1 Å². The molecule has 1 aromatic rings. The van der Waals surface area contributed by atoms with Crippen molar-refractivity contribution in [3.8, 4) is 0 Å². The first-order valence-electron chi connectivity index (χ1n) is 6.33. The first-order chi connectivity index (χ1) is 8.47. The number of aromatic nitrogens is 2. The van der Waals surface area contributed by atoms with Gasteiger partial charge in [0, 0.05) is 24.5 Å². The lowest BCUT2D eigenvalue weighted by Crippen LogP contribution is -2.50. The molecular formula is C13H20N4O. The van der Waals surface area contributed by atoms with Gasteiger partial charge in [0.2, 0.25) is 11.9 Å². The summed E-state index contributed by atoms with van der Waals surface area (Å²) in [6, 6.07) is 1.63. The Bertz CT molecular complexity index is 413. The van der Waals surface area contributed by atoms with Gasteiger partial charge in [-0.3, -0.25) is 4.79 Å². The minimum atomic E-state index is -0.205. The molecule has 1 aliphatic rings. The second kappa shape index (κ2) is 4.92. The molecule has 0 bridgehead atoms. The Balaban J connectivity index is 2.11. The predicted octanol–water partition coefficient (Wildman–Crippen LogP) is 1.36. The maximum absolute atomic E-state index is 12.2. The largest absolute Gasteiger partial charge is 0.350 e. The lowest BCUT2D eigenvalue weighted by molar-refractivity contribution is -0.123. The van der Waals surface area contributed by atoms with Crippen LogP contribution in [0.4, 0.5) is 5.95 Å². The van der Waals surface area contributed by atoms with Crippen molar-refractivity contribution in [2.45, 2.75) is 45.2 Å². The van der Waals surface area contributed by atoms with Gasteiger partial charge in [-0.15, -0.1) is 0 Å². The number of anilines is 1. The molecule has 0 aromatic carbocycles. The molecule has 98 valence electrons. The summed E-state index contributed by atoms with van der Waals surface area (Å²) in [4.78, 5) is 22.7. The summed E-state index contributed by atoms with van der Waals surface area (Å²) in [6.07, 6.45) is 5.28. The number of nitrogens with one attached hydrogen (secondary N) is 1. The molecule has 1 aliphatic heterocycles. The zero-order valence-electron chi connectivity index (χ0n) is 11.2. The van der Waals surface area contributed by atoms with Gasteiger partial charge in [0.05, 0.1) is 0 Å². The van der Waals surface area contributed by atoms with E-state index in [-0.39, 0.29) is 17.5 Å². The SMILES string of the molecule is CC(C)(C)NC(=O)C1CCCN1c1ncccn1. The van der Waals surface area contributed by atoms with Crippen LogP contribution >= 0.6 is 0 Å². The van der Waals surface area contributed by atoms with Crippen molar-refractivity contribution in [2.24, 2.45) is 0 Å². The van der Waals surface area contributed by atoms with E-state index in [0.29, 0.717) is 5.95 Å². The van der Waals surface area contributed by atoms with Crippen molar-refractivity contribution in [3.05, 3.63) is 18.5 Å². The minimum absolute atomic E-state index is 0.0625. The van der Waals surface area contributed by atoms with E-state index in [9.17, 15) is 4.79 Å². The van der Waals surface area contributed by atoms with Gasteiger partial charge in [-0.25, -0.2) is 9.97 Å². The van der Waals surface area contributed by atoms with Crippen LogP contribution in [0, 0.1) is 0 Å². The molecule has 0 aliphatic carbocycles. The molecule has 0 radical (unpaired) electrons. The molecule has 1 saturated heterocycles. The Morgan fingerprint density at radius 2 is 2.06 bits per heavy atom. The maximum atomic E-state index is 12.2.